The van der Waals surface area contributed by atoms with E-state index < -0.39 is 0 Å². The van der Waals surface area contributed by atoms with Crippen LogP contribution in [0, 0.1) is 5.92 Å². The summed E-state index contributed by atoms with van der Waals surface area (Å²) < 4.78 is 10.6. The topological polar surface area (TPSA) is 88.2 Å². The Hall–Kier alpha value is -3.26. The highest BCUT2D eigenvalue weighted by atomic mass is 35.5. The summed E-state index contributed by atoms with van der Waals surface area (Å²) in [6, 6.07) is 10.4. The number of hydrogen-bond donors (Lipinski definition) is 1. The molecule has 3 amide bonds. The maximum absolute atomic E-state index is 13.1. The summed E-state index contributed by atoms with van der Waals surface area (Å²) >= 11 is 6.31. The van der Waals surface area contributed by atoms with Crippen LogP contribution in [0.2, 0.25) is 5.02 Å². The van der Waals surface area contributed by atoms with Gasteiger partial charge in [0.05, 0.1) is 10.7 Å². The SMILES string of the molecule is O=C(Nc1ccc2c(c1)OCO2)C1CCN(C(=O)c2ccc(Cl)c(N3CCCC3=O)c2)CC1. The number of rotatable bonds is 4. The van der Waals surface area contributed by atoms with Crippen molar-refractivity contribution < 1.29 is 23.9 Å². The molecule has 2 saturated heterocycles. The van der Waals surface area contributed by atoms with Gasteiger partial charge >= 0.3 is 0 Å². The van der Waals surface area contributed by atoms with E-state index in [2.05, 4.69) is 5.32 Å². The van der Waals surface area contributed by atoms with Gasteiger partial charge in [-0.3, -0.25) is 14.4 Å². The van der Waals surface area contributed by atoms with Gasteiger partial charge in [-0.25, -0.2) is 0 Å². The number of benzene rings is 2. The van der Waals surface area contributed by atoms with Crippen molar-refractivity contribution in [2.75, 3.05) is 36.6 Å². The predicted octanol–water partition coefficient (Wildman–Crippen LogP) is 3.69. The van der Waals surface area contributed by atoms with Crippen LogP contribution in [0.15, 0.2) is 36.4 Å². The minimum atomic E-state index is -0.178. The number of halogens is 1. The first-order chi connectivity index (χ1) is 16.0. The molecule has 0 aliphatic carbocycles. The molecule has 2 aromatic carbocycles. The molecule has 0 radical (unpaired) electrons. The molecule has 2 aromatic rings. The van der Waals surface area contributed by atoms with Gasteiger partial charge in [-0.15, -0.1) is 0 Å². The smallest absolute Gasteiger partial charge is 0.253 e. The molecule has 0 aromatic heterocycles. The Morgan fingerprint density at radius 3 is 2.55 bits per heavy atom. The first-order valence-corrected chi connectivity index (χ1v) is 11.5. The molecule has 3 aliphatic rings. The second kappa shape index (κ2) is 8.94. The standard InChI is InChI=1S/C24H24ClN3O5/c25-18-5-3-16(12-19(18)28-9-1-2-22(28)29)24(31)27-10-7-15(8-11-27)23(30)26-17-4-6-20-21(13-17)33-14-32-20/h3-6,12-13,15H,1-2,7-11,14H2,(H,26,30). The van der Waals surface area contributed by atoms with E-state index in [4.69, 9.17) is 21.1 Å². The lowest BCUT2D eigenvalue weighted by atomic mass is 9.95. The lowest BCUT2D eigenvalue weighted by molar-refractivity contribution is -0.121. The van der Waals surface area contributed by atoms with Crippen molar-refractivity contribution in [2.24, 2.45) is 5.92 Å². The summed E-state index contributed by atoms with van der Waals surface area (Å²) in [5, 5.41) is 3.40. The third-order valence-corrected chi connectivity index (χ3v) is 6.67. The maximum atomic E-state index is 13.1. The Kier molecular flexibility index (Phi) is 5.85. The van der Waals surface area contributed by atoms with Crippen LogP contribution in [-0.4, -0.2) is 49.0 Å². The zero-order valence-electron chi connectivity index (χ0n) is 18.0. The van der Waals surface area contributed by atoms with Crippen LogP contribution < -0.4 is 19.7 Å². The van der Waals surface area contributed by atoms with Gasteiger partial charge in [0.1, 0.15) is 0 Å². The van der Waals surface area contributed by atoms with Crippen LogP contribution in [0.25, 0.3) is 0 Å². The van der Waals surface area contributed by atoms with E-state index in [9.17, 15) is 14.4 Å². The summed E-state index contributed by atoms with van der Waals surface area (Å²) in [5.41, 5.74) is 1.74. The average Bonchev–Trinajstić information content (AvgIpc) is 3.47. The molecule has 8 nitrogen and oxygen atoms in total. The quantitative estimate of drug-likeness (QED) is 0.737. The lowest BCUT2D eigenvalue weighted by Gasteiger charge is -2.31. The Labute approximate surface area is 196 Å². The van der Waals surface area contributed by atoms with E-state index in [0.717, 1.165) is 6.42 Å². The summed E-state index contributed by atoms with van der Waals surface area (Å²) in [5.74, 6) is 0.945. The molecule has 0 unspecified atom stereocenters. The number of carbonyl (C=O) groups excluding carboxylic acids is 3. The van der Waals surface area contributed by atoms with Gasteiger partial charge in [0.25, 0.3) is 5.91 Å². The second-order valence-electron chi connectivity index (χ2n) is 8.44. The molecule has 172 valence electrons. The van der Waals surface area contributed by atoms with E-state index in [0.29, 0.717) is 72.4 Å². The summed E-state index contributed by atoms with van der Waals surface area (Å²) in [6.07, 6.45) is 2.44. The zero-order valence-corrected chi connectivity index (χ0v) is 18.8. The number of amides is 3. The Morgan fingerprint density at radius 2 is 1.79 bits per heavy atom. The van der Waals surface area contributed by atoms with Crippen molar-refractivity contribution in [3.63, 3.8) is 0 Å². The van der Waals surface area contributed by atoms with E-state index in [-0.39, 0.29) is 30.4 Å². The molecule has 0 atom stereocenters. The van der Waals surface area contributed by atoms with Gasteiger partial charge in [0.15, 0.2) is 11.5 Å². The van der Waals surface area contributed by atoms with Crippen molar-refractivity contribution in [3.8, 4) is 11.5 Å². The number of carbonyl (C=O) groups is 3. The minimum Gasteiger partial charge on any atom is -0.454 e. The number of piperidine rings is 1. The van der Waals surface area contributed by atoms with E-state index in [1.54, 1.807) is 46.2 Å². The first kappa shape index (κ1) is 21.6. The minimum absolute atomic E-state index is 0.0239. The van der Waals surface area contributed by atoms with Gasteiger partial charge < -0.3 is 24.6 Å². The molecule has 1 N–H and O–H groups in total. The highest BCUT2D eigenvalue weighted by Gasteiger charge is 2.30. The van der Waals surface area contributed by atoms with Gasteiger partial charge in [-0.2, -0.15) is 0 Å². The molecule has 3 heterocycles. The number of likely N-dealkylation sites (tertiary alicyclic amines) is 1. The normalized spacial score (nSPS) is 18.0. The Balaban J connectivity index is 1.20. The highest BCUT2D eigenvalue weighted by molar-refractivity contribution is 6.34. The number of fused-ring (bicyclic) bond motifs is 1. The van der Waals surface area contributed by atoms with Crippen molar-refractivity contribution in [2.45, 2.75) is 25.7 Å². The monoisotopic (exact) mass is 469 g/mol. The number of hydrogen-bond acceptors (Lipinski definition) is 5. The van der Waals surface area contributed by atoms with Crippen LogP contribution in [0.3, 0.4) is 0 Å². The van der Waals surface area contributed by atoms with Crippen molar-refractivity contribution >= 4 is 40.7 Å². The first-order valence-electron chi connectivity index (χ1n) is 11.1. The number of nitrogens with one attached hydrogen (secondary N) is 1. The predicted molar refractivity (Wildman–Crippen MR) is 123 cm³/mol. The highest BCUT2D eigenvalue weighted by Crippen LogP contribution is 2.35. The Bertz CT molecular complexity index is 1110. The largest absolute Gasteiger partial charge is 0.454 e. The molecule has 2 fully saturated rings. The maximum Gasteiger partial charge on any atom is 0.253 e. The average molecular weight is 470 g/mol. The van der Waals surface area contributed by atoms with Gasteiger partial charge in [-0.1, -0.05) is 11.6 Å². The van der Waals surface area contributed by atoms with Gasteiger partial charge in [0, 0.05) is 49.3 Å². The fraction of sp³-hybridized carbons (Fsp3) is 0.375. The van der Waals surface area contributed by atoms with Crippen molar-refractivity contribution in [3.05, 3.63) is 47.0 Å². The summed E-state index contributed by atoms with van der Waals surface area (Å²) in [4.78, 5) is 41.3. The van der Waals surface area contributed by atoms with E-state index >= 15 is 0 Å². The molecule has 0 bridgehead atoms. The molecule has 0 saturated carbocycles. The van der Waals surface area contributed by atoms with Crippen molar-refractivity contribution in [1.82, 2.24) is 4.90 Å². The van der Waals surface area contributed by atoms with Crippen molar-refractivity contribution in [1.29, 1.82) is 0 Å². The number of anilines is 2. The fourth-order valence-corrected chi connectivity index (χ4v) is 4.72. The zero-order chi connectivity index (χ0) is 22.9. The van der Waals surface area contributed by atoms with E-state index in [1.807, 2.05) is 0 Å². The van der Waals surface area contributed by atoms with Crippen LogP contribution in [0.1, 0.15) is 36.0 Å². The third kappa shape index (κ3) is 4.35. The molecular formula is C24H24ClN3O5. The summed E-state index contributed by atoms with van der Waals surface area (Å²) in [6.45, 7) is 1.76. The number of ether oxygens (including phenoxy) is 2. The second-order valence-corrected chi connectivity index (χ2v) is 8.85. The molecule has 3 aliphatic heterocycles. The van der Waals surface area contributed by atoms with Crippen LogP contribution >= 0.6 is 11.6 Å². The molecule has 9 heteroatoms. The molecule has 5 rings (SSSR count). The van der Waals surface area contributed by atoms with Gasteiger partial charge in [-0.05, 0) is 49.6 Å². The fourth-order valence-electron chi connectivity index (χ4n) is 4.50. The third-order valence-electron chi connectivity index (χ3n) is 6.35. The molecule has 33 heavy (non-hydrogen) atoms. The van der Waals surface area contributed by atoms with Crippen LogP contribution in [-0.2, 0) is 9.59 Å². The van der Waals surface area contributed by atoms with Crippen LogP contribution in [0.4, 0.5) is 11.4 Å². The lowest BCUT2D eigenvalue weighted by Crippen LogP contribution is -2.41. The molecule has 0 spiro atoms. The Morgan fingerprint density at radius 1 is 1.00 bits per heavy atom. The summed E-state index contributed by atoms with van der Waals surface area (Å²) in [7, 11) is 0. The molecular weight excluding hydrogens is 446 g/mol. The number of nitrogens with zero attached hydrogens (tertiary/aromatic N) is 2. The van der Waals surface area contributed by atoms with Crippen LogP contribution in [0.5, 0.6) is 11.5 Å². The van der Waals surface area contributed by atoms with E-state index in [1.165, 1.54) is 0 Å². The van der Waals surface area contributed by atoms with Gasteiger partial charge in [0.2, 0.25) is 18.6 Å².